The van der Waals surface area contributed by atoms with Crippen molar-refractivity contribution < 1.29 is 27.4 Å². The van der Waals surface area contributed by atoms with E-state index in [4.69, 9.17) is 15.2 Å². The molecule has 0 bridgehead atoms. The van der Waals surface area contributed by atoms with Crippen molar-refractivity contribution in [3.63, 3.8) is 0 Å². The maximum Gasteiger partial charge on any atom is 0.416 e. The summed E-state index contributed by atoms with van der Waals surface area (Å²) in [5.74, 6) is 0.761. The van der Waals surface area contributed by atoms with Crippen molar-refractivity contribution in [2.24, 2.45) is 0 Å². The molecule has 0 aliphatic carbocycles. The summed E-state index contributed by atoms with van der Waals surface area (Å²) >= 11 is 0. The van der Waals surface area contributed by atoms with E-state index in [0.29, 0.717) is 49.8 Å². The Hall–Kier alpha value is -3.38. The van der Waals surface area contributed by atoms with Crippen molar-refractivity contribution in [3.05, 3.63) is 53.0 Å². The molecule has 192 valence electrons. The lowest BCUT2D eigenvalue weighted by Crippen LogP contribution is -2.51. The molecular weight excluding hydrogens is 477 g/mol. The molecule has 1 saturated heterocycles. The molecule has 1 unspecified atom stereocenters. The Balaban J connectivity index is 1.47. The number of aromatic nitrogens is 3. The fourth-order valence-electron chi connectivity index (χ4n) is 4.94. The molecule has 3 aromatic rings. The van der Waals surface area contributed by atoms with Gasteiger partial charge >= 0.3 is 6.18 Å². The SMILES string of the molecule is COC1(C(=O)N2Cc3c(NC(C)c4cc(N)cc(C(F)(F)F)c4)nc4nccn4c3C2)CCOCC1. The van der Waals surface area contributed by atoms with Crippen LogP contribution in [0, 0.1) is 0 Å². The highest BCUT2D eigenvalue weighted by atomic mass is 19.4. The van der Waals surface area contributed by atoms with Crippen LogP contribution in [0.4, 0.5) is 24.7 Å². The van der Waals surface area contributed by atoms with Crippen LogP contribution in [0.3, 0.4) is 0 Å². The molecule has 12 heteroatoms. The van der Waals surface area contributed by atoms with Gasteiger partial charge in [0.25, 0.3) is 5.91 Å². The number of amides is 1. The van der Waals surface area contributed by atoms with E-state index in [9.17, 15) is 18.0 Å². The molecule has 1 fully saturated rings. The van der Waals surface area contributed by atoms with Crippen molar-refractivity contribution in [2.45, 2.75) is 50.7 Å². The zero-order valence-corrected chi connectivity index (χ0v) is 19.9. The first-order chi connectivity index (χ1) is 17.1. The van der Waals surface area contributed by atoms with Gasteiger partial charge in [-0.15, -0.1) is 0 Å². The fourth-order valence-corrected chi connectivity index (χ4v) is 4.94. The zero-order chi connectivity index (χ0) is 25.7. The van der Waals surface area contributed by atoms with E-state index < -0.39 is 23.4 Å². The number of halogens is 3. The number of imidazole rings is 1. The van der Waals surface area contributed by atoms with Crippen molar-refractivity contribution in [1.82, 2.24) is 19.3 Å². The second-order valence-corrected chi connectivity index (χ2v) is 9.21. The van der Waals surface area contributed by atoms with Gasteiger partial charge in [0.2, 0.25) is 5.78 Å². The molecular formula is C24H27F3N6O3. The number of fused-ring (bicyclic) bond motifs is 3. The van der Waals surface area contributed by atoms with Gasteiger partial charge in [-0.05, 0) is 30.7 Å². The Morgan fingerprint density at radius 3 is 2.69 bits per heavy atom. The molecule has 2 aliphatic rings. The summed E-state index contributed by atoms with van der Waals surface area (Å²) in [6.45, 7) is 3.23. The molecule has 0 radical (unpaired) electrons. The van der Waals surface area contributed by atoms with Gasteiger partial charge in [0.05, 0.1) is 30.4 Å². The van der Waals surface area contributed by atoms with Gasteiger partial charge < -0.3 is 25.4 Å². The van der Waals surface area contributed by atoms with Gasteiger partial charge in [-0.3, -0.25) is 9.20 Å². The minimum Gasteiger partial charge on any atom is -0.399 e. The molecule has 1 amide bonds. The molecule has 1 aromatic carbocycles. The number of carbonyl (C=O) groups is 1. The minimum absolute atomic E-state index is 0.0217. The molecule has 5 rings (SSSR count). The molecule has 2 aromatic heterocycles. The summed E-state index contributed by atoms with van der Waals surface area (Å²) in [6.07, 6.45) is -0.195. The van der Waals surface area contributed by atoms with E-state index in [0.717, 1.165) is 23.4 Å². The van der Waals surface area contributed by atoms with Crippen LogP contribution in [0.1, 0.15) is 48.2 Å². The first-order valence-electron chi connectivity index (χ1n) is 11.6. The highest BCUT2D eigenvalue weighted by molar-refractivity contribution is 5.86. The summed E-state index contributed by atoms with van der Waals surface area (Å²) in [6, 6.07) is 2.94. The summed E-state index contributed by atoms with van der Waals surface area (Å²) in [5, 5.41) is 3.23. The van der Waals surface area contributed by atoms with E-state index in [2.05, 4.69) is 15.3 Å². The Morgan fingerprint density at radius 1 is 1.25 bits per heavy atom. The van der Waals surface area contributed by atoms with Crippen LogP contribution in [-0.4, -0.2) is 51.1 Å². The third kappa shape index (κ3) is 4.24. The number of alkyl halides is 3. The zero-order valence-electron chi connectivity index (χ0n) is 19.9. The number of benzene rings is 1. The van der Waals surface area contributed by atoms with Crippen LogP contribution in [-0.2, 0) is 33.5 Å². The summed E-state index contributed by atoms with van der Waals surface area (Å²) < 4.78 is 53.0. The standard InChI is InChI=1S/C24H27F3N6O3/c1-14(15-9-16(24(25,26)27)11-17(28)10-15)30-20-18-12-32(13-19(18)33-6-5-29-22(33)31-20)21(34)23(35-2)3-7-36-8-4-23/h5-6,9-11,14H,3-4,7-8,12-13,28H2,1-2H3,(H,29,30,31). The average molecular weight is 505 g/mol. The van der Waals surface area contributed by atoms with Crippen molar-refractivity contribution >= 4 is 23.2 Å². The highest BCUT2D eigenvalue weighted by Crippen LogP contribution is 2.37. The fraction of sp³-hybridized carbons (Fsp3) is 0.458. The van der Waals surface area contributed by atoms with E-state index >= 15 is 0 Å². The predicted molar refractivity (Wildman–Crippen MR) is 125 cm³/mol. The molecule has 0 spiro atoms. The number of nitrogens with zero attached hydrogens (tertiary/aromatic N) is 4. The lowest BCUT2D eigenvalue weighted by Gasteiger charge is -2.37. The van der Waals surface area contributed by atoms with Crippen molar-refractivity contribution in [2.75, 3.05) is 31.4 Å². The monoisotopic (exact) mass is 504 g/mol. The predicted octanol–water partition coefficient (Wildman–Crippen LogP) is 3.54. The molecule has 3 N–H and O–H groups in total. The number of carbonyl (C=O) groups excluding carboxylic acids is 1. The van der Waals surface area contributed by atoms with Crippen LogP contribution in [0.25, 0.3) is 5.78 Å². The summed E-state index contributed by atoms with van der Waals surface area (Å²) in [4.78, 5) is 24.2. The topological polar surface area (TPSA) is 107 Å². The summed E-state index contributed by atoms with van der Waals surface area (Å²) in [5.41, 5.74) is 6.01. The smallest absolute Gasteiger partial charge is 0.399 e. The average Bonchev–Trinajstić information content (AvgIpc) is 3.50. The molecule has 9 nitrogen and oxygen atoms in total. The van der Waals surface area contributed by atoms with Gasteiger partial charge in [0.15, 0.2) is 5.60 Å². The van der Waals surface area contributed by atoms with Gasteiger partial charge in [-0.2, -0.15) is 18.2 Å². The molecule has 2 aliphatic heterocycles. The van der Waals surface area contributed by atoms with Gasteiger partial charge in [0, 0.05) is 56.8 Å². The molecule has 0 saturated carbocycles. The van der Waals surface area contributed by atoms with E-state index in [1.54, 1.807) is 24.2 Å². The number of methoxy groups -OCH3 is 1. The number of hydrogen-bond acceptors (Lipinski definition) is 7. The number of rotatable bonds is 5. The Kier molecular flexibility index (Phi) is 6.03. The second kappa shape index (κ2) is 8.93. The number of nitrogens with two attached hydrogens (primary N) is 1. The maximum absolute atomic E-state index is 13.6. The quantitative estimate of drug-likeness (QED) is 0.512. The lowest BCUT2D eigenvalue weighted by molar-refractivity contribution is -0.167. The maximum atomic E-state index is 13.6. The number of hydrogen-bond donors (Lipinski definition) is 2. The van der Waals surface area contributed by atoms with E-state index in [-0.39, 0.29) is 18.1 Å². The summed E-state index contributed by atoms with van der Waals surface area (Å²) in [7, 11) is 1.54. The largest absolute Gasteiger partial charge is 0.416 e. The molecule has 1 atom stereocenters. The lowest BCUT2D eigenvalue weighted by atomic mass is 9.92. The van der Waals surface area contributed by atoms with Crippen LogP contribution in [0.5, 0.6) is 0 Å². The van der Waals surface area contributed by atoms with Gasteiger partial charge in [-0.25, -0.2) is 4.98 Å². The normalized spacial score (nSPS) is 18.3. The Morgan fingerprint density at radius 2 is 2.00 bits per heavy atom. The van der Waals surface area contributed by atoms with Crippen LogP contribution >= 0.6 is 0 Å². The third-order valence-corrected chi connectivity index (χ3v) is 6.97. The van der Waals surface area contributed by atoms with Crippen LogP contribution in [0.2, 0.25) is 0 Å². The van der Waals surface area contributed by atoms with Crippen molar-refractivity contribution in [3.8, 4) is 0 Å². The van der Waals surface area contributed by atoms with Crippen LogP contribution < -0.4 is 11.1 Å². The highest BCUT2D eigenvalue weighted by Gasteiger charge is 2.45. The molecule has 4 heterocycles. The number of nitrogen functional groups attached to an aromatic ring is 1. The minimum atomic E-state index is -4.51. The van der Waals surface area contributed by atoms with Crippen molar-refractivity contribution in [1.29, 1.82) is 0 Å². The third-order valence-electron chi connectivity index (χ3n) is 6.97. The Bertz CT molecular complexity index is 1300. The Labute approximate surface area is 205 Å². The number of ether oxygens (including phenoxy) is 2. The van der Waals surface area contributed by atoms with E-state index in [1.165, 1.54) is 13.2 Å². The number of nitrogens with one attached hydrogen (secondary N) is 1. The van der Waals surface area contributed by atoms with E-state index in [1.807, 2.05) is 4.40 Å². The first-order valence-corrected chi connectivity index (χ1v) is 11.6. The van der Waals surface area contributed by atoms with Gasteiger partial charge in [-0.1, -0.05) is 0 Å². The van der Waals surface area contributed by atoms with Gasteiger partial charge in [0.1, 0.15) is 5.82 Å². The first kappa shape index (κ1) is 24.3. The molecule has 36 heavy (non-hydrogen) atoms. The second-order valence-electron chi connectivity index (χ2n) is 9.21. The van der Waals surface area contributed by atoms with Crippen LogP contribution in [0.15, 0.2) is 30.6 Å². The number of anilines is 2.